The average Bonchev–Trinajstić information content (AvgIpc) is 3.02. The molecule has 1 aromatic heterocycles. The summed E-state index contributed by atoms with van der Waals surface area (Å²) in [6.07, 6.45) is 1.57. The predicted molar refractivity (Wildman–Crippen MR) is 105 cm³/mol. The van der Waals surface area contributed by atoms with Gasteiger partial charge in [-0.1, -0.05) is 30.3 Å². The number of para-hydroxylation sites is 1. The van der Waals surface area contributed by atoms with Crippen molar-refractivity contribution in [3.63, 3.8) is 0 Å². The number of hydrogen-bond donors (Lipinski definition) is 1. The molecule has 1 heterocycles. The minimum atomic E-state index is -3.77. The number of hydrogen-bond acceptors (Lipinski definition) is 5. The zero-order chi connectivity index (χ0) is 19.4. The molecule has 0 unspecified atom stereocenters. The van der Waals surface area contributed by atoms with Gasteiger partial charge in [-0.25, -0.2) is 17.8 Å². The Morgan fingerprint density at radius 3 is 2.41 bits per heavy atom. The van der Waals surface area contributed by atoms with E-state index in [1.807, 2.05) is 30.3 Å². The summed E-state index contributed by atoms with van der Waals surface area (Å²) in [6.45, 7) is 3.28. The van der Waals surface area contributed by atoms with Crippen molar-refractivity contribution in [3.05, 3.63) is 70.9 Å². The van der Waals surface area contributed by atoms with E-state index in [9.17, 15) is 8.42 Å². The summed E-state index contributed by atoms with van der Waals surface area (Å²) in [5.41, 5.74) is 1.55. The Hall–Kier alpha value is -3.13. The molecule has 8 heteroatoms. The molecule has 0 saturated carbocycles. The summed E-state index contributed by atoms with van der Waals surface area (Å²) in [5, 5.41) is 4.25. The molecule has 3 rings (SSSR count). The molecule has 0 atom stereocenters. The molecule has 2 aromatic carbocycles. The number of nitrogens with zero attached hydrogens (tertiary/aromatic N) is 3. The number of rotatable bonds is 6. The Kier molecular flexibility index (Phi) is 5.27. The molecule has 0 radical (unpaired) electrons. The number of allylic oxidation sites excluding steroid dienone is 1. The summed E-state index contributed by atoms with van der Waals surface area (Å²) in [5.74, 6) is 1.31. The molecule has 0 amide bonds. The Bertz CT molecular complexity index is 1060. The van der Waals surface area contributed by atoms with Crippen LogP contribution in [0.25, 0.3) is 11.8 Å². The highest BCUT2D eigenvalue weighted by Gasteiger charge is 2.17. The fourth-order valence-corrected chi connectivity index (χ4v) is 3.24. The van der Waals surface area contributed by atoms with Crippen LogP contribution >= 0.6 is 0 Å². The smallest absolute Gasteiger partial charge is 0.260 e. The van der Waals surface area contributed by atoms with Gasteiger partial charge in [0.25, 0.3) is 16.0 Å². The third-order valence-electron chi connectivity index (χ3n) is 3.90. The normalized spacial score (nSPS) is 12.0. The van der Waals surface area contributed by atoms with Crippen molar-refractivity contribution in [1.29, 1.82) is 0 Å². The highest BCUT2D eigenvalue weighted by Crippen LogP contribution is 2.18. The highest BCUT2D eigenvalue weighted by atomic mass is 32.2. The lowest BCUT2D eigenvalue weighted by Gasteiger charge is -2.05. The van der Waals surface area contributed by atoms with E-state index < -0.39 is 10.0 Å². The van der Waals surface area contributed by atoms with Crippen molar-refractivity contribution >= 4 is 22.0 Å². The Balaban J connectivity index is 1.82. The first kappa shape index (κ1) is 18.7. The first-order valence-corrected chi connectivity index (χ1v) is 9.71. The van der Waals surface area contributed by atoms with Crippen LogP contribution in [0, 0.1) is 6.92 Å². The quantitative estimate of drug-likeness (QED) is 0.704. The molecule has 7 nitrogen and oxygen atoms in total. The van der Waals surface area contributed by atoms with Gasteiger partial charge in [0, 0.05) is 0 Å². The number of nitrogens with one attached hydrogen (secondary N) is 1. The Labute approximate surface area is 158 Å². The van der Waals surface area contributed by atoms with E-state index >= 15 is 0 Å². The molecular weight excluding hydrogens is 364 g/mol. The Morgan fingerprint density at radius 2 is 1.78 bits per heavy atom. The van der Waals surface area contributed by atoms with Crippen molar-refractivity contribution < 1.29 is 13.2 Å². The van der Waals surface area contributed by atoms with Crippen LogP contribution in [0.1, 0.15) is 18.3 Å². The molecule has 0 aliphatic carbocycles. The number of benzene rings is 2. The molecular formula is C19H20N4O3S. The van der Waals surface area contributed by atoms with E-state index in [1.54, 1.807) is 49.1 Å². The lowest BCUT2D eigenvalue weighted by molar-refractivity contribution is 0.415. The molecule has 0 fully saturated rings. The van der Waals surface area contributed by atoms with Crippen molar-refractivity contribution in [1.82, 2.24) is 14.8 Å². The predicted octanol–water partition coefficient (Wildman–Crippen LogP) is 3.39. The zero-order valence-electron chi connectivity index (χ0n) is 15.2. The van der Waals surface area contributed by atoms with E-state index in [0.29, 0.717) is 11.6 Å². The van der Waals surface area contributed by atoms with Crippen LogP contribution < -0.4 is 9.46 Å². The van der Waals surface area contributed by atoms with Crippen LogP contribution in [-0.2, 0) is 10.0 Å². The van der Waals surface area contributed by atoms with Crippen LogP contribution in [0.5, 0.6) is 5.75 Å². The summed E-state index contributed by atoms with van der Waals surface area (Å²) in [4.78, 5) is 4.36. The molecule has 0 saturated heterocycles. The van der Waals surface area contributed by atoms with E-state index in [1.165, 1.54) is 6.92 Å². The maximum Gasteiger partial charge on any atom is 0.260 e. The van der Waals surface area contributed by atoms with Crippen molar-refractivity contribution in [3.8, 4) is 11.4 Å². The second-order valence-electron chi connectivity index (χ2n) is 5.86. The van der Waals surface area contributed by atoms with Gasteiger partial charge in [-0.15, -0.1) is 5.10 Å². The second kappa shape index (κ2) is 7.63. The third kappa shape index (κ3) is 4.35. The molecule has 0 bridgehead atoms. The van der Waals surface area contributed by atoms with E-state index in [-0.39, 0.29) is 10.9 Å². The van der Waals surface area contributed by atoms with Gasteiger partial charge >= 0.3 is 0 Å². The van der Waals surface area contributed by atoms with Crippen LogP contribution in [0.3, 0.4) is 0 Å². The fraction of sp³-hybridized carbons (Fsp3) is 0.158. The van der Waals surface area contributed by atoms with Crippen molar-refractivity contribution in [2.24, 2.45) is 0 Å². The van der Waals surface area contributed by atoms with E-state index in [0.717, 1.165) is 11.3 Å². The molecule has 0 spiro atoms. The minimum Gasteiger partial charge on any atom is -0.497 e. The zero-order valence-corrected chi connectivity index (χ0v) is 16.1. The van der Waals surface area contributed by atoms with Gasteiger partial charge in [-0.3, -0.25) is 0 Å². The molecule has 1 N–H and O–H groups in total. The lowest BCUT2D eigenvalue weighted by atomic mass is 10.2. The first-order chi connectivity index (χ1) is 12.9. The summed E-state index contributed by atoms with van der Waals surface area (Å²) in [7, 11) is -2.19. The van der Waals surface area contributed by atoms with Crippen LogP contribution in [0.4, 0.5) is 5.95 Å². The van der Waals surface area contributed by atoms with Crippen LogP contribution in [0.15, 0.2) is 59.5 Å². The number of anilines is 1. The van der Waals surface area contributed by atoms with Gasteiger partial charge in [0.05, 0.1) is 17.7 Å². The summed E-state index contributed by atoms with van der Waals surface area (Å²) in [6, 6.07) is 16.5. The second-order valence-corrected chi connectivity index (χ2v) is 7.72. The van der Waals surface area contributed by atoms with Gasteiger partial charge in [-0.05, 0) is 49.8 Å². The van der Waals surface area contributed by atoms with Gasteiger partial charge in [0.15, 0.2) is 0 Å². The monoisotopic (exact) mass is 384 g/mol. The van der Waals surface area contributed by atoms with Crippen molar-refractivity contribution in [2.75, 3.05) is 11.8 Å². The van der Waals surface area contributed by atoms with Gasteiger partial charge < -0.3 is 4.74 Å². The maximum absolute atomic E-state index is 12.6. The first-order valence-electron chi connectivity index (χ1n) is 8.23. The molecule has 3 aromatic rings. The SMILES string of the molecule is COc1ccc(/C=C(\C)S(=O)(=O)Nc2nc(C)n(-c3ccccc3)n2)cc1. The number of methoxy groups -OCH3 is 1. The number of aromatic nitrogens is 3. The van der Waals surface area contributed by atoms with Gasteiger partial charge in [-0.2, -0.15) is 4.98 Å². The topological polar surface area (TPSA) is 86.1 Å². The standard InChI is InChI=1S/C19H20N4O3S/c1-14(13-16-9-11-18(26-3)12-10-16)27(24,25)22-19-20-15(2)23(21-19)17-7-5-4-6-8-17/h4-13H,1-3H3,(H,21,22)/b14-13+. The third-order valence-corrected chi connectivity index (χ3v) is 5.32. The van der Waals surface area contributed by atoms with E-state index in [4.69, 9.17) is 4.74 Å². The van der Waals surface area contributed by atoms with Crippen LogP contribution in [-0.4, -0.2) is 30.3 Å². The number of sulfonamides is 1. The highest BCUT2D eigenvalue weighted by molar-refractivity contribution is 7.96. The minimum absolute atomic E-state index is 0.0267. The van der Waals surface area contributed by atoms with Crippen molar-refractivity contribution in [2.45, 2.75) is 13.8 Å². The summed E-state index contributed by atoms with van der Waals surface area (Å²) < 4.78 is 34.3. The van der Waals surface area contributed by atoms with Gasteiger partial charge in [0.2, 0.25) is 0 Å². The largest absolute Gasteiger partial charge is 0.497 e. The molecule has 0 aliphatic heterocycles. The molecule has 27 heavy (non-hydrogen) atoms. The van der Waals surface area contributed by atoms with Crippen LogP contribution in [0.2, 0.25) is 0 Å². The fourth-order valence-electron chi connectivity index (χ4n) is 2.46. The lowest BCUT2D eigenvalue weighted by Crippen LogP contribution is -2.14. The maximum atomic E-state index is 12.6. The van der Waals surface area contributed by atoms with Gasteiger partial charge in [0.1, 0.15) is 11.6 Å². The molecule has 0 aliphatic rings. The summed E-state index contributed by atoms with van der Waals surface area (Å²) >= 11 is 0. The van der Waals surface area contributed by atoms with E-state index in [2.05, 4.69) is 14.8 Å². The average molecular weight is 384 g/mol. The Morgan fingerprint density at radius 1 is 1.11 bits per heavy atom. The molecule has 140 valence electrons. The number of ether oxygens (including phenoxy) is 1. The number of aryl methyl sites for hydroxylation is 1.